The van der Waals surface area contributed by atoms with Crippen molar-refractivity contribution >= 4 is 16.3 Å². The quantitative estimate of drug-likeness (QED) is 0.687. The van der Waals surface area contributed by atoms with Crippen molar-refractivity contribution in [1.29, 1.82) is 0 Å². The summed E-state index contributed by atoms with van der Waals surface area (Å²) in [4.78, 5) is 2.33. The van der Waals surface area contributed by atoms with Crippen LogP contribution in [0.15, 0.2) is 12.4 Å². The first-order chi connectivity index (χ1) is 6.62. The van der Waals surface area contributed by atoms with Crippen molar-refractivity contribution in [3.8, 4) is 0 Å². The van der Waals surface area contributed by atoms with Crippen LogP contribution in [-0.4, -0.2) is 45.0 Å². The molecule has 1 unspecified atom stereocenters. The van der Waals surface area contributed by atoms with E-state index >= 15 is 0 Å². The van der Waals surface area contributed by atoms with Crippen LogP contribution in [0.4, 0.5) is 0 Å². The zero-order chi connectivity index (χ0) is 11.9. The first-order valence-electron chi connectivity index (χ1n) is 5.79. The lowest BCUT2D eigenvalue weighted by molar-refractivity contribution is 0.329. The van der Waals surface area contributed by atoms with Gasteiger partial charge in [-0.15, -0.1) is 0 Å². The Labute approximate surface area is 97.1 Å². The van der Waals surface area contributed by atoms with Crippen LogP contribution < -0.4 is 0 Å². The van der Waals surface area contributed by atoms with Crippen molar-refractivity contribution in [3.63, 3.8) is 0 Å². The second-order valence-corrected chi connectivity index (χ2v) is 17.0. The molecule has 1 heterocycles. The van der Waals surface area contributed by atoms with E-state index in [2.05, 4.69) is 68.2 Å². The Bertz CT molecular complexity index is 250. The Kier molecular flexibility index (Phi) is 3.40. The highest BCUT2D eigenvalue weighted by atomic mass is 28.3. The zero-order valence-electron chi connectivity index (χ0n) is 11.3. The highest BCUT2D eigenvalue weighted by molar-refractivity contribution is 6.81. The molecule has 0 fully saturated rings. The van der Waals surface area contributed by atoms with Crippen LogP contribution in [0.2, 0.25) is 39.3 Å². The van der Waals surface area contributed by atoms with Crippen LogP contribution >= 0.6 is 0 Å². The van der Waals surface area contributed by atoms with Crippen molar-refractivity contribution in [2.24, 2.45) is 0 Å². The maximum absolute atomic E-state index is 2.69. The van der Waals surface area contributed by atoms with Gasteiger partial charge < -0.3 is 9.47 Å². The lowest BCUT2D eigenvalue weighted by atomic mass is 10.5. The number of likely N-dealkylation sites (N-methyl/N-ethyl adjacent to an activating group) is 1. The number of hydrogen-bond donors (Lipinski definition) is 0. The molecule has 1 aliphatic rings. The van der Waals surface area contributed by atoms with Gasteiger partial charge in [0.25, 0.3) is 0 Å². The van der Waals surface area contributed by atoms with Crippen LogP contribution in [0.5, 0.6) is 0 Å². The fourth-order valence-electron chi connectivity index (χ4n) is 2.09. The molecule has 0 aromatic carbocycles. The fraction of sp³-hybridized carbons (Fsp3) is 0.818. The molecule has 4 heteroatoms. The average molecular weight is 243 g/mol. The third kappa shape index (κ3) is 3.11. The maximum Gasteiger partial charge on any atom is 0.146 e. The second-order valence-electron chi connectivity index (χ2n) is 6.70. The van der Waals surface area contributed by atoms with Gasteiger partial charge >= 0.3 is 0 Å². The normalized spacial score (nSPS) is 23.5. The van der Waals surface area contributed by atoms with Gasteiger partial charge in [-0.1, -0.05) is 39.3 Å². The van der Waals surface area contributed by atoms with Crippen LogP contribution in [0, 0.1) is 0 Å². The Hall–Kier alpha value is -0.226. The number of nitrogens with zero attached hydrogens (tertiary/aromatic N) is 2. The minimum absolute atomic E-state index is 0.777. The minimum Gasteiger partial charge on any atom is -0.401 e. The van der Waals surface area contributed by atoms with E-state index in [0.717, 1.165) is 5.67 Å². The molecule has 1 atom stereocenters. The first kappa shape index (κ1) is 12.8. The Morgan fingerprint density at radius 2 is 1.53 bits per heavy atom. The van der Waals surface area contributed by atoms with Crippen LogP contribution in [0.3, 0.4) is 0 Å². The molecule has 0 amide bonds. The summed E-state index contributed by atoms with van der Waals surface area (Å²) < 4.78 is 2.69. The maximum atomic E-state index is 2.69. The van der Waals surface area contributed by atoms with E-state index in [-0.39, 0.29) is 0 Å². The van der Waals surface area contributed by atoms with Gasteiger partial charge in [-0.05, 0) is 0 Å². The summed E-state index contributed by atoms with van der Waals surface area (Å²) in [6.07, 6.45) is 4.56. The average Bonchev–Trinajstić information content (AvgIpc) is 2.00. The number of rotatable bonds is 2. The third-order valence-corrected chi connectivity index (χ3v) is 7.78. The zero-order valence-corrected chi connectivity index (χ0v) is 13.3. The van der Waals surface area contributed by atoms with E-state index in [1.54, 1.807) is 0 Å². The highest BCUT2D eigenvalue weighted by Gasteiger charge is 2.38. The van der Waals surface area contributed by atoms with E-state index in [0.29, 0.717) is 0 Å². The van der Waals surface area contributed by atoms with Gasteiger partial charge in [0, 0.05) is 31.7 Å². The van der Waals surface area contributed by atoms with Gasteiger partial charge in [0.2, 0.25) is 0 Å². The van der Waals surface area contributed by atoms with Gasteiger partial charge in [-0.3, -0.25) is 0 Å². The lowest BCUT2D eigenvalue weighted by Crippen LogP contribution is -2.62. The summed E-state index contributed by atoms with van der Waals surface area (Å²) in [5, 5.41) is 0. The topological polar surface area (TPSA) is 6.48 Å². The molecule has 0 aliphatic carbocycles. The van der Waals surface area contributed by atoms with Crippen molar-refractivity contribution < 1.29 is 0 Å². The molecule has 0 spiro atoms. The summed E-state index contributed by atoms with van der Waals surface area (Å²) in [5.41, 5.74) is 0.777. The fourth-order valence-corrected chi connectivity index (χ4v) is 7.70. The van der Waals surface area contributed by atoms with Crippen LogP contribution in [0.1, 0.15) is 0 Å². The molecule has 0 bridgehead atoms. The molecule has 1 aliphatic heterocycles. The van der Waals surface area contributed by atoms with Crippen molar-refractivity contribution in [3.05, 3.63) is 12.4 Å². The van der Waals surface area contributed by atoms with Crippen LogP contribution in [0.25, 0.3) is 0 Å². The van der Waals surface area contributed by atoms with Crippen molar-refractivity contribution in [2.45, 2.75) is 44.9 Å². The van der Waals surface area contributed by atoms with E-state index in [1.165, 1.54) is 6.54 Å². The van der Waals surface area contributed by atoms with Gasteiger partial charge in [0.05, 0.1) is 8.07 Å². The van der Waals surface area contributed by atoms with Crippen molar-refractivity contribution in [1.82, 2.24) is 9.47 Å². The van der Waals surface area contributed by atoms with Crippen molar-refractivity contribution in [2.75, 3.05) is 13.6 Å². The van der Waals surface area contributed by atoms with Gasteiger partial charge in [0.15, 0.2) is 0 Å². The highest BCUT2D eigenvalue weighted by Crippen LogP contribution is 2.25. The van der Waals surface area contributed by atoms with Crippen LogP contribution in [-0.2, 0) is 0 Å². The Morgan fingerprint density at radius 3 is 1.93 bits per heavy atom. The molecular weight excluding hydrogens is 216 g/mol. The molecular formula is C11H26N2Si2. The van der Waals surface area contributed by atoms with E-state index < -0.39 is 16.3 Å². The Balaban J connectivity index is 2.97. The molecule has 2 nitrogen and oxygen atoms in total. The molecule has 0 saturated heterocycles. The SMILES string of the molecule is CN1C=CN([Si](C)(C)C)C([Si](C)(C)C)C1. The first-order valence-corrected chi connectivity index (χ1v) is 12.8. The second kappa shape index (κ2) is 3.98. The standard InChI is InChI=1S/C11H26N2Si2/c1-12-8-9-13(15(5,6)7)11(10-12)14(2,3)4/h8-9,11H,10H2,1-7H3. The van der Waals surface area contributed by atoms with E-state index in [1.807, 2.05) is 0 Å². The smallest absolute Gasteiger partial charge is 0.146 e. The molecule has 1 rings (SSSR count). The molecule has 15 heavy (non-hydrogen) atoms. The number of hydrogen-bond acceptors (Lipinski definition) is 2. The molecule has 88 valence electrons. The van der Waals surface area contributed by atoms with Gasteiger partial charge in [0.1, 0.15) is 8.24 Å². The largest absolute Gasteiger partial charge is 0.401 e. The predicted molar refractivity (Wildman–Crippen MR) is 74.1 cm³/mol. The molecule has 0 saturated carbocycles. The summed E-state index contributed by atoms with van der Waals surface area (Å²) in [7, 11) is -0.122. The molecule has 0 aromatic rings. The monoisotopic (exact) mass is 242 g/mol. The van der Waals surface area contributed by atoms with E-state index in [4.69, 9.17) is 0 Å². The van der Waals surface area contributed by atoms with E-state index in [9.17, 15) is 0 Å². The van der Waals surface area contributed by atoms with Gasteiger partial charge in [-0.25, -0.2) is 0 Å². The third-order valence-electron chi connectivity index (χ3n) is 3.05. The Morgan fingerprint density at radius 1 is 1.00 bits per heavy atom. The molecule has 0 radical (unpaired) electrons. The lowest BCUT2D eigenvalue weighted by Gasteiger charge is -2.49. The summed E-state index contributed by atoms with van der Waals surface area (Å²) in [6.45, 7) is 16.0. The predicted octanol–water partition coefficient (Wildman–Crippen LogP) is 2.79. The summed E-state index contributed by atoms with van der Waals surface area (Å²) in [5.74, 6) is 0. The molecule has 0 N–H and O–H groups in total. The van der Waals surface area contributed by atoms with Gasteiger partial charge in [-0.2, -0.15) is 0 Å². The minimum atomic E-state index is -1.20. The summed E-state index contributed by atoms with van der Waals surface area (Å²) >= 11 is 0. The summed E-state index contributed by atoms with van der Waals surface area (Å²) in [6, 6.07) is 0. The molecule has 0 aromatic heterocycles.